The van der Waals surface area contributed by atoms with Gasteiger partial charge in [0.15, 0.2) is 5.82 Å². The molecule has 10 nitrogen and oxygen atoms in total. The second-order valence-electron chi connectivity index (χ2n) is 8.37. The highest BCUT2D eigenvalue weighted by Gasteiger charge is 2.47. The summed E-state index contributed by atoms with van der Waals surface area (Å²) < 4.78 is 5.18. The molecule has 1 unspecified atom stereocenters. The zero-order valence-corrected chi connectivity index (χ0v) is 19.3. The number of hydrogen-bond acceptors (Lipinski definition) is 8. The molecule has 4 rings (SSSR count). The van der Waals surface area contributed by atoms with Crippen molar-refractivity contribution in [2.75, 3.05) is 18.2 Å². The van der Waals surface area contributed by atoms with Crippen LogP contribution in [0.2, 0.25) is 0 Å². The van der Waals surface area contributed by atoms with Gasteiger partial charge >= 0.3 is 6.03 Å². The number of nitrogens with zero attached hydrogens (tertiary/aromatic N) is 4. The largest absolute Gasteiger partial charge is 0.497 e. The van der Waals surface area contributed by atoms with Gasteiger partial charge < -0.3 is 21.1 Å². The molecule has 34 heavy (non-hydrogen) atoms. The molecule has 3 amide bonds. The predicted molar refractivity (Wildman–Crippen MR) is 128 cm³/mol. The summed E-state index contributed by atoms with van der Waals surface area (Å²) in [6.45, 7) is 3.56. The number of carbonyl (C=O) groups excluding carboxylic acids is 2. The molecule has 0 saturated carbocycles. The number of carbonyl (C=O) groups is 2. The van der Waals surface area contributed by atoms with E-state index in [1.54, 1.807) is 14.0 Å². The number of para-hydroxylation sites is 1. The Bertz CT molecular complexity index is 1220. The van der Waals surface area contributed by atoms with Gasteiger partial charge in [0.25, 0.3) is 5.91 Å². The monoisotopic (exact) mass is 461 g/mol. The number of amides is 3. The van der Waals surface area contributed by atoms with Crippen molar-refractivity contribution in [1.29, 1.82) is 0 Å². The molecule has 2 heterocycles. The van der Waals surface area contributed by atoms with Crippen LogP contribution in [0, 0.1) is 6.92 Å². The number of anilines is 3. The molecular formula is C24H27N7O3. The van der Waals surface area contributed by atoms with Crippen molar-refractivity contribution in [2.24, 2.45) is 0 Å². The Labute approximate surface area is 197 Å². The summed E-state index contributed by atoms with van der Waals surface area (Å²) in [6, 6.07) is 14.8. The topological polar surface area (TPSA) is 135 Å². The number of nitrogen functional groups attached to an aromatic ring is 1. The van der Waals surface area contributed by atoms with Crippen LogP contribution in [0.25, 0.3) is 0 Å². The highest BCUT2D eigenvalue weighted by atomic mass is 16.5. The zero-order chi connectivity index (χ0) is 24.3. The third kappa shape index (κ3) is 4.90. The first kappa shape index (κ1) is 23.0. The Balaban J connectivity index is 1.46. The average molecular weight is 462 g/mol. The van der Waals surface area contributed by atoms with Gasteiger partial charge in [-0.1, -0.05) is 30.3 Å². The van der Waals surface area contributed by atoms with Crippen molar-refractivity contribution in [3.05, 3.63) is 65.5 Å². The lowest BCUT2D eigenvalue weighted by molar-refractivity contribution is -0.131. The van der Waals surface area contributed by atoms with Gasteiger partial charge in [-0.2, -0.15) is 15.0 Å². The van der Waals surface area contributed by atoms with E-state index >= 15 is 0 Å². The molecular weight excluding hydrogens is 434 g/mol. The quantitative estimate of drug-likeness (QED) is 0.436. The van der Waals surface area contributed by atoms with Crippen molar-refractivity contribution in [2.45, 2.75) is 38.8 Å². The lowest BCUT2D eigenvalue weighted by atomic mass is 9.93. The number of ether oxygens (including phenoxy) is 1. The molecule has 1 atom stereocenters. The van der Waals surface area contributed by atoms with E-state index in [9.17, 15) is 9.59 Å². The minimum absolute atomic E-state index is 0.00425. The van der Waals surface area contributed by atoms with Gasteiger partial charge in [0.2, 0.25) is 11.9 Å². The zero-order valence-electron chi connectivity index (χ0n) is 19.3. The van der Waals surface area contributed by atoms with Crippen molar-refractivity contribution >= 4 is 29.5 Å². The number of nitrogens with two attached hydrogens (primary N) is 1. The van der Waals surface area contributed by atoms with E-state index in [1.165, 1.54) is 0 Å². The normalized spacial score (nSPS) is 17.6. The summed E-state index contributed by atoms with van der Waals surface area (Å²) >= 11 is 0. The number of urea groups is 1. The highest BCUT2D eigenvalue weighted by Crippen LogP contribution is 2.25. The SMILES string of the molecule is COc1ccc(CCC2(C)NC(=O)N(Cc3nc(N)nc(Nc4ccccc4C)n3)C2=O)cc1. The molecule has 0 radical (unpaired) electrons. The first-order valence-electron chi connectivity index (χ1n) is 10.9. The molecule has 1 aromatic heterocycles. The van der Waals surface area contributed by atoms with Crippen LogP contribution in [-0.4, -0.2) is 44.4 Å². The van der Waals surface area contributed by atoms with E-state index in [1.807, 2.05) is 55.5 Å². The highest BCUT2D eigenvalue weighted by molar-refractivity contribution is 6.06. The number of nitrogens with one attached hydrogen (secondary N) is 2. The van der Waals surface area contributed by atoms with Crippen LogP contribution in [-0.2, 0) is 17.8 Å². The molecule has 1 fully saturated rings. The molecule has 1 saturated heterocycles. The van der Waals surface area contributed by atoms with Gasteiger partial charge in [0, 0.05) is 5.69 Å². The minimum Gasteiger partial charge on any atom is -0.497 e. The molecule has 1 aliphatic heterocycles. The predicted octanol–water partition coefficient (Wildman–Crippen LogP) is 2.96. The second-order valence-corrected chi connectivity index (χ2v) is 8.37. The second kappa shape index (κ2) is 9.34. The van der Waals surface area contributed by atoms with E-state index in [0.29, 0.717) is 12.8 Å². The maximum absolute atomic E-state index is 13.2. The third-order valence-corrected chi connectivity index (χ3v) is 5.81. The number of rotatable bonds is 8. The summed E-state index contributed by atoms with van der Waals surface area (Å²) in [5, 5.41) is 5.92. The van der Waals surface area contributed by atoms with E-state index < -0.39 is 11.6 Å². The Kier molecular flexibility index (Phi) is 6.31. The standard InChI is InChI=1S/C24H27N7O3/c1-15-6-4-5-7-18(15)26-22-28-19(27-21(25)29-22)14-31-20(32)24(2,30-23(31)33)13-12-16-8-10-17(34-3)11-9-16/h4-11H,12-14H2,1-3H3,(H,30,33)(H3,25,26,27,28,29). The molecule has 4 N–H and O–H groups in total. The van der Waals surface area contributed by atoms with E-state index in [-0.39, 0.29) is 30.2 Å². The average Bonchev–Trinajstić information content (AvgIpc) is 3.02. The Morgan fingerprint density at radius 1 is 1.09 bits per heavy atom. The van der Waals surface area contributed by atoms with E-state index in [2.05, 4.69) is 25.6 Å². The number of aryl methyl sites for hydroxylation is 2. The Morgan fingerprint density at radius 3 is 2.53 bits per heavy atom. The molecule has 176 valence electrons. The molecule has 2 aromatic carbocycles. The molecule has 10 heteroatoms. The first-order valence-corrected chi connectivity index (χ1v) is 10.9. The van der Waals surface area contributed by atoms with Gasteiger partial charge in [-0.25, -0.2) is 4.79 Å². The van der Waals surface area contributed by atoms with E-state index in [0.717, 1.165) is 27.5 Å². The van der Waals surface area contributed by atoms with E-state index in [4.69, 9.17) is 10.5 Å². The number of hydrogen-bond donors (Lipinski definition) is 3. The van der Waals surface area contributed by atoms with Crippen LogP contribution >= 0.6 is 0 Å². The van der Waals surface area contributed by atoms with Crippen LogP contribution in [0.4, 0.5) is 22.4 Å². The maximum Gasteiger partial charge on any atom is 0.325 e. The van der Waals surface area contributed by atoms with Crippen LogP contribution < -0.4 is 21.1 Å². The molecule has 0 aliphatic carbocycles. The molecule has 0 bridgehead atoms. The van der Waals surface area contributed by atoms with Gasteiger partial charge in [-0.05, 0) is 56.0 Å². The molecule has 0 spiro atoms. The van der Waals surface area contributed by atoms with Gasteiger partial charge in [0.05, 0.1) is 13.7 Å². The van der Waals surface area contributed by atoms with Gasteiger partial charge in [-0.3, -0.25) is 9.69 Å². The lowest BCUT2D eigenvalue weighted by Gasteiger charge is -2.21. The number of methoxy groups -OCH3 is 1. The maximum atomic E-state index is 13.2. The number of benzene rings is 2. The van der Waals surface area contributed by atoms with Crippen LogP contribution in [0.1, 0.15) is 30.3 Å². The first-order chi connectivity index (χ1) is 16.3. The van der Waals surface area contributed by atoms with Crippen LogP contribution in [0.3, 0.4) is 0 Å². The van der Waals surface area contributed by atoms with Crippen molar-refractivity contribution in [3.63, 3.8) is 0 Å². The van der Waals surface area contributed by atoms with Crippen LogP contribution in [0.15, 0.2) is 48.5 Å². The summed E-state index contributed by atoms with van der Waals surface area (Å²) in [7, 11) is 1.61. The fourth-order valence-corrected chi connectivity index (χ4v) is 3.79. The lowest BCUT2D eigenvalue weighted by Crippen LogP contribution is -2.44. The molecule has 3 aromatic rings. The Morgan fingerprint density at radius 2 is 1.82 bits per heavy atom. The summed E-state index contributed by atoms with van der Waals surface area (Å²) in [6.07, 6.45) is 1.06. The van der Waals surface area contributed by atoms with Gasteiger partial charge in [-0.15, -0.1) is 0 Å². The minimum atomic E-state index is -1.03. The fraction of sp³-hybridized carbons (Fsp3) is 0.292. The summed E-state index contributed by atoms with van der Waals surface area (Å²) in [4.78, 5) is 39.5. The summed E-state index contributed by atoms with van der Waals surface area (Å²) in [5.74, 6) is 0.880. The number of aromatic nitrogens is 3. The van der Waals surface area contributed by atoms with Crippen molar-refractivity contribution < 1.29 is 14.3 Å². The third-order valence-electron chi connectivity index (χ3n) is 5.81. The fourth-order valence-electron chi connectivity index (χ4n) is 3.79. The smallest absolute Gasteiger partial charge is 0.325 e. The van der Waals surface area contributed by atoms with Crippen LogP contribution in [0.5, 0.6) is 5.75 Å². The molecule has 1 aliphatic rings. The Hall–Kier alpha value is -4.21. The number of imide groups is 1. The summed E-state index contributed by atoms with van der Waals surface area (Å²) in [5.41, 5.74) is 7.70. The van der Waals surface area contributed by atoms with Gasteiger partial charge in [0.1, 0.15) is 11.3 Å². The van der Waals surface area contributed by atoms with Crippen molar-refractivity contribution in [3.8, 4) is 5.75 Å². The van der Waals surface area contributed by atoms with Crippen molar-refractivity contribution in [1.82, 2.24) is 25.2 Å².